The van der Waals surface area contributed by atoms with Crippen LogP contribution in [0.4, 0.5) is 18.9 Å². The highest BCUT2D eigenvalue weighted by molar-refractivity contribution is 7.99. The van der Waals surface area contributed by atoms with Crippen molar-refractivity contribution in [2.45, 2.75) is 11.9 Å². The molecule has 2 amide bonds. The first-order chi connectivity index (χ1) is 15.1. The van der Waals surface area contributed by atoms with Crippen LogP contribution in [0, 0.1) is 0 Å². The summed E-state index contributed by atoms with van der Waals surface area (Å²) in [7, 11) is 3.31. The number of hydrogen-bond donors (Lipinski definition) is 1. The zero-order chi connectivity index (χ0) is 23.3. The maximum atomic E-state index is 12.9. The van der Waals surface area contributed by atoms with Crippen LogP contribution in [-0.4, -0.2) is 46.7 Å². The molecule has 0 radical (unpaired) electrons. The van der Waals surface area contributed by atoms with Gasteiger partial charge in [0.2, 0.25) is 17.6 Å². The minimum Gasteiger partial charge on any atom is -0.345 e. The Morgan fingerprint density at radius 3 is 2.50 bits per heavy atom. The summed E-state index contributed by atoms with van der Waals surface area (Å²) in [6.45, 7) is 0. The van der Waals surface area contributed by atoms with Gasteiger partial charge in [-0.2, -0.15) is 18.2 Å². The standard InChI is InChI=1S/C21H19F3N4O3S/c1-28(2)20(30)13-6-8-16(9-7-13)25-17(29)11-32-12-18-26-19(27-31-18)14-4-3-5-15(10-14)21(22,23)24/h3-10H,11-12H2,1-2H3,(H,25,29). The van der Waals surface area contributed by atoms with Crippen LogP contribution < -0.4 is 5.32 Å². The van der Waals surface area contributed by atoms with Gasteiger partial charge in [0.25, 0.3) is 5.91 Å². The zero-order valence-electron chi connectivity index (χ0n) is 17.1. The summed E-state index contributed by atoms with van der Waals surface area (Å²) in [6, 6.07) is 11.2. The summed E-state index contributed by atoms with van der Waals surface area (Å²) < 4.78 is 43.6. The number of alkyl halides is 3. The van der Waals surface area contributed by atoms with Crippen LogP contribution in [0.1, 0.15) is 21.8 Å². The van der Waals surface area contributed by atoms with Gasteiger partial charge in [0, 0.05) is 30.9 Å². The normalized spacial score (nSPS) is 11.3. The van der Waals surface area contributed by atoms with Crippen molar-refractivity contribution in [1.82, 2.24) is 15.0 Å². The molecule has 0 atom stereocenters. The quantitative estimate of drug-likeness (QED) is 0.560. The molecule has 3 rings (SSSR count). The maximum absolute atomic E-state index is 12.9. The molecule has 0 saturated heterocycles. The minimum absolute atomic E-state index is 0.0449. The summed E-state index contributed by atoms with van der Waals surface area (Å²) in [4.78, 5) is 29.5. The Kier molecular flexibility index (Phi) is 7.18. The van der Waals surface area contributed by atoms with Gasteiger partial charge in [0.1, 0.15) is 0 Å². The fourth-order valence-electron chi connectivity index (χ4n) is 2.65. The van der Waals surface area contributed by atoms with E-state index in [9.17, 15) is 22.8 Å². The van der Waals surface area contributed by atoms with Gasteiger partial charge < -0.3 is 14.7 Å². The molecule has 0 aliphatic heterocycles. The van der Waals surface area contributed by atoms with Crippen molar-refractivity contribution in [2.75, 3.05) is 25.2 Å². The second-order valence-corrected chi connectivity index (χ2v) is 7.89. The predicted molar refractivity (Wildman–Crippen MR) is 114 cm³/mol. The lowest BCUT2D eigenvalue weighted by molar-refractivity contribution is -0.137. The molecule has 1 aromatic heterocycles. The van der Waals surface area contributed by atoms with Gasteiger partial charge in [-0.25, -0.2) is 0 Å². The number of carbonyl (C=O) groups excluding carboxylic acids is 2. The SMILES string of the molecule is CN(C)C(=O)c1ccc(NC(=O)CSCc2nc(-c3cccc(C(F)(F)F)c3)no2)cc1. The first-order valence-corrected chi connectivity index (χ1v) is 10.5. The van der Waals surface area contributed by atoms with Gasteiger partial charge in [0.05, 0.1) is 17.1 Å². The number of aromatic nitrogens is 2. The van der Waals surface area contributed by atoms with Gasteiger partial charge in [0.15, 0.2) is 0 Å². The number of anilines is 1. The van der Waals surface area contributed by atoms with Gasteiger partial charge in [-0.05, 0) is 36.4 Å². The van der Waals surface area contributed by atoms with Crippen molar-refractivity contribution in [3.63, 3.8) is 0 Å². The van der Waals surface area contributed by atoms with Gasteiger partial charge in [-0.3, -0.25) is 9.59 Å². The summed E-state index contributed by atoms with van der Waals surface area (Å²) in [5, 5.41) is 6.43. The summed E-state index contributed by atoms with van der Waals surface area (Å²) in [5.41, 5.74) is 0.450. The molecule has 1 N–H and O–H groups in total. The van der Waals surface area contributed by atoms with Crippen LogP contribution in [0.2, 0.25) is 0 Å². The number of halogens is 3. The van der Waals surface area contributed by atoms with E-state index < -0.39 is 11.7 Å². The molecule has 0 fully saturated rings. The van der Waals surface area contributed by atoms with E-state index in [1.165, 1.54) is 28.8 Å². The van der Waals surface area contributed by atoms with Crippen molar-refractivity contribution < 1.29 is 27.3 Å². The molecule has 0 saturated carbocycles. The average Bonchev–Trinajstić information content (AvgIpc) is 3.22. The Hall–Kier alpha value is -3.34. The summed E-state index contributed by atoms with van der Waals surface area (Å²) >= 11 is 1.21. The first-order valence-electron chi connectivity index (χ1n) is 9.33. The monoisotopic (exact) mass is 464 g/mol. The second kappa shape index (κ2) is 9.86. The van der Waals surface area contributed by atoms with Crippen LogP contribution in [-0.2, 0) is 16.7 Å². The summed E-state index contributed by atoms with van der Waals surface area (Å²) in [5.74, 6) is 0.155. The molecule has 0 bridgehead atoms. The van der Waals surface area contributed by atoms with E-state index in [0.29, 0.717) is 11.3 Å². The molecular formula is C21H19F3N4O3S. The predicted octanol–water partition coefficient (Wildman–Crippen LogP) is 4.33. The largest absolute Gasteiger partial charge is 0.416 e. The molecule has 0 spiro atoms. The fourth-order valence-corrected chi connectivity index (χ4v) is 3.30. The van der Waals surface area contributed by atoms with Crippen LogP contribution >= 0.6 is 11.8 Å². The van der Waals surface area contributed by atoms with Crippen molar-refractivity contribution >= 4 is 29.3 Å². The van der Waals surface area contributed by atoms with E-state index in [4.69, 9.17) is 4.52 Å². The third-order valence-corrected chi connectivity index (χ3v) is 5.11. The van der Waals surface area contributed by atoms with E-state index in [1.54, 1.807) is 38.4 Å². The smallest absolute Gasteiger partial charge is 0.345 e. The highest BCUT2D eigenvalue weighted by Gasteiger charge is 2.30. The van der Waals surface area contributed by atoms with Crippen LogP contribution in [0.3, 0.4) is 0 Å². The van der Waals surface area contributed by atoms with Crippen molar-refractivity contribution in [3.8, 4) is 11.4 Å². The number of hydrogen-bond acceptors (Lipinski definition) is 6. The molecule has 1 heterocycles. The third kappa shape index (κ3) is 6.10. The Morgan fingerprint density at radius 1 is 1.12 bits per heavy atom. The number of carbonyl (C=O) groups is 2. The second-order valence-electron chi connectivity index (χ2n) is 6.91. The molecule has 0 aliphatic carbocycles. The number of nitrogens with one attached hydrogen (secondary N) is 1. The molecular weight excluding hydrogens is 445 g/mol. The van der Waals surface area contributed by atoms with Gasteiger partial charge in [-0.15, -0.1) is 11.8 Å². The molecule has 0 aliphatic rings. The van der Waals surface area contributed by atoms with Crippen LogP contribution in [0.25, 0.3) is 11.4 Å². The number of nitrogens with zero attached hydrogens (tertiary/aromatic N) is 3. The van der Waals surface area contributed by atoms with Gasteiger partial charge >= 0.3 is 6.18 Å². The molecule has 11 heteroatoms. The average molecular weight is 464 g/mol. The lowest BCUT2D eigenvalue weighted by Crippen LogP contribution is -2.21. The topological polar surface area (TPSA) is 88.3 Å². The van der Waals surface area contributed by atoms with Crippen molar-refractivity contribution in [1.29, 1.82) is 0 Å². The van der Waals surface area contributed by atoms with E-state index >= 15 is 0 Å². The molecule has 3 aromatic rings. The fraction of sp³-hybridized carbons (Fsp3) is 0.238. The molecule has 2 aromatic carbocycles. The Balaban J connectivity index is 1.50. The number of amides is 2. The van der Waals surface area contributed by atoms with Crippen molar-refractivity contribution in [2.24, 2.45) is 0 Å². The number of benzene rings is 2. The van der Waals surface area contributed by atoms with E-state index in [-0.39, 0.29) is 40.6 Å². The van der Waals surface area contributed by atoms with Crippen LogP contribution in [0.5, 0.6) is 0 Å². The first kappa shape index (κ1) is 23.3. The highest BCUT2D eigenvalue weighted by atomic mass is 32.2. The van der Waals surface area contributed by atoms with E-state index in [0.717, 1.165) is 12.1 Å². The number of thioether (sulfide) groups is 1. The number of rotatable bonds is 7. The zero-order valence-corrected chi connectivity index (χ0v) is 18.0. The van der Waals surface area contributed by atoms with Crippen LogP contribution in [0.15, 0.2) is 53.1 Å². The Bertz CT molecular complexity index is 1100. The van der Waals surface area contributed by atoms with E-state index in [2.05, 4.69) is 15.5 Å². The maximum Gasteiger partial charge on any atom is 0.416 e. The Labute approximate surface area is 186 Å². The molecule has 0 unspecified atom stereocenters. The van der Waals surface area contributed by atoms with Crippen molar-refractivity contribution in [3.05, 3.63) is 65.5 Å². The summed E-state index contributed by atoms with van der Waals surface area (Å²) in [6.07, 6.45) is -4.46. The molecule has 7 nitrogen and oxygen atoms in total. The minimum atomic E-state index is -4.46. The molecule has 168 valence electrons. The highest BCUT2D eigenvalue weighted by Crippen LogP contribution is 2.31. The van der Waals surface area contributed by atoms with E-state index in [1.807, 2.05) is 0 Å². The Morgan fingerprint density at radius 2 is 1.84 bits per heavy atom. The third-order valence-electron chi connectivity index (χ3n) is 4.20. The molecule has 32 heavy (non-hydrogen) atoms. The lowest BCUT2D eigenvalue weighted by atomic mass is 10.1. The lowest BCUT2D eigenvalue weighted by Gasteiger charge is -2.10. The van der Waals surface area contributed by atoms with Gasteiger partial charge in [-0.1, -0.05) is 17.3 Å².